The van der Waals surface area contributed by atoms with Crippen LogP contribution in [0.2, 0.25) is 0 Å². The molecule has 3 heterocycles. The van der Waals surface area contributed by atoms with Crippen molar-refractivity contribution in [3.05, 3.63) is 12.4 Å². The van der Waals surface area contributed by atoms with E-state index in [4.69, 9.17) is 0 Å². The molecule has 0 bridgehead atoms. The molecule has 0 aliphatic carbocycles. The van der Waals surface area contributed by atoms with E-state index < -0.39 is 0 Å². The fraction of sp³-hybridized carbons (Fsp3) is 0.667. The predicted octanol–water partition coefficient (Wildman–Crippen LogP) is 0.0653. The summed E-state index contributed by atoms with van der Waals surface area (Å²) in [6.07, 6.45) is 3.71. The lowest BCUT2D eigenvalue weighted by Crippen LogP contribution is -2.26. The number of rotatable bonds is 1. The van der Waals surface area contributed by atoms with Crippen molar-refractivity contribution in [2.75, 3.05) is 31.1 Å². The summed E-state index contributed by atoms with van der Waals surface area (Å²) in [5, 5.41) is 3.43. The molecule has 2 saturated heterocycles. The second-order valence-electron chi connectivity index (χ2n) is 4.00. The van der Waals surface area contributed by atoms with Gasteiger partial charge in [-0.2, -0.15) is 0 Å². The first-order valence-corrected chi connectivity index (χ1v) is 4.88. The summed E-state index contributed by atoms with van der Waals surface area (Å²) in [5.41, 5.74) is 0. The molecule has 0 aromatic carbocycles. The Kier molecular flexibility index (Phi) is 1.55. The number of hydrogen-bond acceptors (Lipinski definition) is 3. The average molecular weight is 178 g/mol. The molecule has 2 N–H and O–H groups in total. The molecule has 70 valence electrons. The number of anilines is 1. The molecular formula is C9H14N4. The second-order valence-corrected chi connectivity index (χ2v) is 4.00. The minimum Gasteiger partial charge on any atom is -0.342 e. The highest BCUT2D eigenvalue weighted by atomic mass is 15.3. The molecule has 4 heteroatoms. The highest BCUT2D eigenvalue weighted by molar-refractivity contribution is 5.32. The Bertz CT molecular complexity index is 270. The van der Waals surface area contributed by atoms with Gasteiger partial charge in [0.1, 0.15) is 0 Å². The number of H-pyrrole nitrogens is 1. The zero-order valence-electron chi connectivity index (χ0n) is 7.53. The quantitative estimate of drug-likeness (QED) is 0.639. The van der Waals surface area contributed by atoms with Crippen LogP contribution >= 0.6 is 0 Å². The van der Waals surface area contributed by atoms with Crippen molar-refractivity contribution < 1.29 is 0 Å². The summed E-state index contributed by atoms with van der Waals surface area (Å²) < 4.78 is 0. The SMILES string of the molecule is c1c[nH]c(N2CC3CNCC3C2)n1. The number of aromatic amines is 1. The number of imidazole rings is 1. The van der Waals surface area contributed by atoms with Gasteiger partial charge in [-0.1, -0.05) is 0 Å². The highest BCUT2D eigenvalue weighted by Gasteiger charge is 2.36. The van der Waals surface area contributed by atoms with Gasteiger partial charge in [0.25, 0.3) is 0 Å². The Balaban J connectivity index is 1.76. The fourth-order valence-electron chi connectivity index (χ4n) is 2.46. The van der Waals surface area contributed by atoms with E-state index in [1.165, 1.54) is 13.1 Å². The number of hydrogen-bond donors (Lipinski definition) is 2. The smallest absolute Gasteiger partial charge is 0.202 e. The minimum atomic E-state index is 0.838. The summed E-state index contributed by atoms with van der Waals surface area (Å²) in [6, 6.07) is 0. The van der Waals surface area contributed by atoms with Gasteiger partial charge in [-0.05, 0) is 11.8 Å². The van der Waals surface area contributed by atoms with Crippen LogP contribution in [0.1, 0.15) is 0 Å². The van der Waals surface area contributed by atoms with Crippen LogP contribution in [0.4, 0.5) is 5.95 Å². The number of nitrogens with zero attached hydrogens (tertiary/aromatic N) is 2. The van der Waals surface area contributed by atoms with Crippen molar-refractivity contribution in [3.63, 3.8) is 0 Å². The van der Waals surface area contributed by atoms with Crippen LogP contribution in [0.5, 0.6) is 0 Å². The van der Waals surface area contributed by atoms with E-state index in [9.17, 15) is 0 Å². The van der Waals surface area contributed by atoms with Gasteiger partial charge in [-0.15, -0.1) is 0 Å². The van der Waals surface area contributed by atoms with E-state index >= 15 is 0 Å². The molecule has 2 aliphatic rings. The molecule has 0 saturated carbocycles. The van der Waals surface area contributed by atoms with Crippen molar-refractivity contribution in [2.45, 2.75) is 0 Å². The summed E-state index contributed by atoms with van der Waals surface area (Å²) in [5.74, 6) is 2.71. The first-order chi connectivity index (χ1) is 6.43. The first-order valence-electron chi connectivity index (χ1n) is 4.88. The molecule has 1 aromatic heterocycles. The lowest BCUT2D eigenvalue weighted by Gasteiger charge is -2.15. The van der Waals surface area contributed by atoms with Crippen LogP contribution in [-0.4, -0.2) is 36.1 Å². The fourth-order valence-corrected chi connectivity index (χ4v) is 2.46. The number of fused-ring (bicyclic) bond motifs is 1. The Morgan fingerprint density at radius 3 is 2.69 bits per heavy atom. The van der Waals surface area contributed by atoms with E-state index in [0.29, 0.717) is 0 Å². The Morgan fingerprint density at radius 2 is 2.08 bits per heavy atom. The third kappa shape index (κ3) is 1.13. The maximum absolute atomic E-state index is 4.28. The molecule has 1 aromatic rings. The number of aromatic nitrogens is 2. The van der Waals surface area contributed by atoms with Gasteiger partial charge in [0.2, 0.25) is 5.95 Å². The maximum Gasteiger partial charge on any atom is 0.202 e. The summed E-state index contributed by atoms with van der Waals surface area (Å²) in [4.78, 5) is 9.80. The van der Waals surface area contributed by atoms with Crippen molar-refractivity contribution >= 4 is 5.95 Å². The largest absolute Gasteiger partial charge is 0.342 e. The van der Waals surface area contributed by atoms with Gasteiger partial charge in [0.15, 0.2) is 0 Å². The van der Waals surface area contributed by atoms with E-state index in [0.717, 1.165) is 30.9 Å². The van der Waals surface area contributed by atoms with E-state index in [1.54, 1.807) is 0 Å². The predicted molar refractivity (Wildman–Crippen MR) is 50.7 cm³/mol. The zero-order valence-corrected chi connectivity index (χ0v) is 7.53. The van der Waals surface area contributed by atoms with Crippen molar-refractivity contribution in [1.82, 2.24) is 15.3 Å². The Hall–Kier alpha value is -1.03. The van der Waals surface area contributed by atoms with Crippen LogP contribution in [0.3, 0.4) is 0 Å². The van der Waals surface area contributed by atoms with Gasteiger partial charge in [-0.25, -0.2) is 4.98 Å². The van der Waals surface area contributed by atoms with Crippen LogP contribution < -0.4 is 10.2 Å². The van der Waals surface area contributed by atoms with Crippen molar-refractivity contribution in [1.29, 1.82) is 0 Å². The van der Waals surface area contributed by atoms with Crippen LogP contribution in [0, 0.1) is 11.8 Å². The maximum atomic E-state index is 4.28. The van der Waals surface area contributed by atoms with Gasteiger partial charge < -0.3 is 15.2 Å². The molecule has 3 rings (SSSR count). The summed E-state index contributed by atoms with van der Waals surface area (Å²) in [7, 11) is 0. The summed E-state index contributed by atoms with van der Waals surface area (Å²) >= 11 is 0. The summed E-state index contributed by atoms with van der Waals surface area (Å²) in [6.45, 7) is 4.68. The van der Waals surface area contributed by atoms with Crippen LogP contribution in [-0.2, 0) is 0 Å². The van der Waals surface area contributed by atoms with Gasteiger partial charge >= 0.3 is 0 Å². The van der Waals surface area contributed by atoms with Crippen LogP contribution in [0.15, 0.2) is 12.4 Å². The molecular weight excluding hydrogens is 164 g/mol. The third-order valence-electron chi connectivity index (χ3n) is 3.17. The molecule has 2 unspecified atom stereocenters. The first kappa shape index (κ1) is 7.38. The topological polar surface area (TPSA) is 44.0 Å². The Morgan fingerprint density at radius 1 is 1.31 bits per heavy atom. The second kappa shape index (κ2) is 2.73. The third-order valence-corrected chi connectivity index (χ3v) is 3.17. The van der Waals surface area contributed by atoms with Crippen LogP contribution in [0.25, 0.3) is 0 Å². The van der Waals surface area contributed by atoms with Gasteiger partial charge in [-0.3, -0.25) is 0 Å². The van der Waals surface area contributed by atoms with Crippen molar-refractivity contribution in [3.8, 4) is 0 Å². The normalized spacial score (nSPS) is 32.5. The van der Waals surface area contributed by atoms with E-state index in [1.807, 2.05) is 12.4 Å². The number of nitrogens with one attached hydrogen (secondary N) is 2. The molecule has 13 heavy (non-hydrogen) atoms. The highest BCUT2D eigenvalue weighted by Crippen LogP contribution is 2.28. The molecule has 2 atom stereocenters. The zero-order chi connectivity index (χ0) is 8.67. The molecule has 0 radical (unpaired) electrons. The monoisotopic (exact) mass is 178 g/mol. The molecule has 4 nitrogen and oxygen atoms in total. The minimum absolute atomic E-state index is 0.838. The van der Waals surface area contributed by atoms with Crippen molar-refractivity contribution in [2.24, 2.45) is 11.8 Å². The van der Waals surface area contributed by atoms with Gasteiger partial charge in [0, 0.05) is 38.6 Å². The van der Waals surface area contributed by atoms with E-state index in [-0.39, 0.29) is 0 Å². The standard InChI is InChI=1S/C9H14N4/c1-2-12-9(11-1)13-5-7-3-10-4-8(7)6-13/h1-2,7-8,10H,3-6H2,(H,11,12). The molecule has 0 spiro atoms. The van der Waals surface area contributed by atoms with Gasteiger partial charge in [0.05, 0.1) is 0 Å². The lowest BCUT2D eigenvalue weighted by atomic mass is 10.0. The lowest BCUT2D eigenvalue weighted by molar-refractivity contribution is 0.533. The molecule has 0 amide bonds. The molecule has 2 aliphatic heterocycles. The Labute approximate surface area is 77.3 Å². The molecule has 2 fully saturated rings. The average Bonchev–Trinajstić information content (AvgIpc) is 2.78. The van der Waals surface area contributed by atoms with E-state index in [2.05, 4.69) is 20.2 Å².